The Bertz CT molecular complexity index is 375. The van der Waals surface area contributed by atoms with Gasteiger partial charge in [0.05, 0.1) is 6.61 Å². The van der Waals surface area contributed by atoms with Crippen molar-refractivity contribution in [3.63, 3.8) is 0 Å². The van der Waals surface area contributed by atoms with E-state index in [9.17, 15) is 18.5 Å². The van der Waals surface area contributed by atoms with Crippen molar-refractivity contribution in [1.29, 1.82) is 0 Å². The van der Waals surface area contributed by atoms with E-state index in [1.165, 1.54) is 0 Å². The van der Waals surface area contributed by atoms with E-state index in [1.54, 1.807) is 0 Å². The molecule has 0 rings (SSSR count). The third-order valence-corrected chi connectivity index (χ3v) is 4.12. The van der Waals surface area contributed by atoms with Gasteiger partial charge in [0, 0.05) is 0 Å². The van der Waals surface area contributed by atoms with Crippen LogP contribution >= 0.6 is 23.5 Å². The molecule has 19 heavy (non-hydrogen) atoms. The van der Waals surface area contributed by atoms with Crippen molar-refractivity contribution in [1.82, 2.24) is 0 Å². The quantitative estimate of drug-likeness (QED) is 0.201. The maximum absolute atomic E-state index is 10.4. The summed E-state index contributed by atoms with van der Waals surface area (Å²) < 4.78 is 36.4. The second kappa shape index (κ2) is 8.32. The highest BCUT2D eigenvalue weighted by atomic mass is 31.3. The molecule has 0 aliphatic rings. The zero-order valence-electron chi connectivity index (χ0n) is 8.78. The lowest BCUT2D eigenvalue weighted by molar-refractivity contribution is -0.116. The maximum Gasteiger partial charge on any atom is 0.490 e. The molecule has 0 bridgehead atoms. The van der Waals surface area contributed by atoms with Gasteiger partial charge < -0.3 is 39.5 Å². The van der Waals surface area contributed by atoms with E-state index in [2.05, 4.69) is 8.62 Å². The fourth-order valence-corrected chi connectivity index (χ4v) is 2.86. The number of carbonyl (C=O) groups excluding carboxylic acids is 1. The topological polar surface area (TPSA) is 228 Å². The van der Waals surface area contributed by atoms with Crippen LogP contribution in [-0.4, -0.2) is 53.7 Å². The van der Waals surface area contributed by atoms with Gasteiger partial charge in [-0.2, -0.15) is 8.62 Å². The summed E-state index contributed by atoms with van der Waals surface area (Å²) >= 11 is 0. The first-order valence-electron chi connectivity index (χ1n) is 3.83. The van der Waals surface area contributed by atoms with Crippen LogP contribution in [0.2, 0.25) is 0 Å². The molecule has 0 aromatic rings. The molecule has 1 atom stereocenters. The number of phosphoric acid groups is 3. The van der Waals surface area contributed by atoms with Crippen molar-refractivity contribution in [2.75, 3.05) is 6.61 Å². The lowest BCUT2D eigenvalue weighted by Gasteiger charge is -2.11. The van der Waals surface area contributed by atoms with Crippen LogP contribution in [0, 0.1) is 0 Å². The molecule has 0 aromatic heterocycles. The highest BCUT2D eigenvalue weighted by Crippen LogP contribution is 2.64. The van der Waals surface area contributed by atoms with Crippen LogP contribution in [0.3, 0.4) is 0 Å². The van der Waals surface area contributed by atoms with Crippen molar-refractivity contribution in [2.24, 2.45) is 0 Å². The second-order valence-corrected chi connectivity index (χ2v) is 6.70. The van der Waals surface area contributed by atoms with E-state index in [0.717, 1.165) is 0 Å². The molecule has 116 valence electrons. The van der Waals surface area contributed by atoms with Crippen molar-refractivity contribution >= 4 is 29.8 Å². The molecule has 0 aliphatic carbocycles. The summed E-state index contributed by atoms with van der Waals surface area (Å²) in [6.45, 7) is -0.483. The molecule has 7 N–H and O–H groups in total. The van der Waals surface area contributed by atoms with Gasteiger partial charge in [0.25, 0.3) is 0 Å². The fraction of sp³-hybridized carbons (Fsp3) is 0.667. The number of aldehydes is 1. The highest BCUT2D eigenvalue weighted by molar-refractivity contribution is 7.66. The minimum absolute atomic E-state index is 0.278. The largest absolute Gasteiger partial charge is 0.490 e. The van der Waals surface area contributed by atoms with Crippen LogP contribution in [0.25, 0.3) is 0 Å². The first-order chi connectivity index (χ1) is 8.22. The molecule has 0 amide bonds. The molecule has 0 saturated heterocycles. The predicted octanol–water partition coefficient (Wildman–Crippen LogP) is -2.16. The molecule has 0 fully saturated rings. The SMILES string of the molecule is O=C[C@H](O)CO.O=P(O)(O)OP(=O)(O)OP(=O)(O)O. The Hall–Kier alpha value is -0.0000000000000000416. The van der Waals surface area contributed by atoms with E-state index < -0.39 is 36.2 Å². The molecule has 0 aromatic carbocycles. The average molecular weight is 348 g/mol. The van der Waals surface area contributed by atoms with Gasteiger partial charge in [-0.05, 0) is 0 Å². The maximum atomic E-state index is 10.4. The van der Waals surface area contributed by atoms with Gasteiger partial charge in [-0.25, -0.2) is 13.7 Å². The monoisotopic (exact) mass is 348 g/mol. The first-order valence-corrected chi connectivity index (χ1v) is 8.39. The molecular formula is C3H11O13P3. The van der Waals surface area contributed by atoms with Crippen molar-refractivity contribution in [2.45, 2.75) is 6.10 Å². The van der Waals surface area contributed by atoms with Crippen LogP contribution in [0.4, 0.5) is 0 Å². The van der Waals surface area contributed by atoms with Crippen molar-refractivity contribution in [3.05, 3.63) is 0 Å². The van der Waals surface area contributed by atoms with Crippen molar-refractivity contribution < 1.29 is 61.8 Å². The minimum Gasteiger partial charge on any atom is -0.393 e. The molecule has 0 heterocycles. The molecular weight excluding hydrogens is 337 g/mol. The summed E-state index contributed by atoms with van der Waals surface area (Å²) in [6, 6.07) is 0. The summed E-state index contributed by atoms with van der Waals surface area (Å²) in [7, 11) is -16.2. The standard InChI is InChI=1S/C3H6O3.H5O10P3/c4-1-3(6)2-5;1-11(2,3)9-13(7,8)10-12(4,5)6/h1,3,5-6H,2H2;(H,7,8)(H2,1,2,3)(H2,4,5,6)/t3-;/m0./s1. The summed E-state index contributed by atoms with van der Waals surface area (Å²) in [5.41, 5.74) is 0. The zero-order chi connectivity index (χ0) is 15.9. The van der Waals surface area contributed by atoms with Crippen LogP contribution in [0.15, 0.2) is 0 Å². The van der Waals surface area contributed by atoms with Crippen LogP contribution in [0.1, 0.15) is 0 Å². The van der Waals surface area contributed by atoms with Gasteiger partial charge in [-0.3, -0.25) is 0 Å². The third kappa shape index (κ3) is 18.0. The van der Waals surface area contributed by atoms with Gasteiger partial charge in [-0.1, -0.05) is 0 Å². The van der Waals surface area contributed by atoms with E-state index in [-0.39, 0.29) is 6.29 Å². The summed E-state index contributed by atoms with van der Waals surface area (Å²) in [4.78, 5) is 49.5. The Morgan fingerprint density at radius 1 is 0.947 bits per heavy atom. The Morgan fingerprint density at radius 2 is 1.26 bits per heavy atom. The number of hydrogen-bond acceptors (Lipinski definition) is 8. The average Bonchev–Trinajstić information content (AvgIpc) is 2.09. The third-order valence-electron chi connectivity index (χ3n) is 0.763. The zero-order valence-corrected chi connectivity index (χ0v) is 11.5. The summed E-state index contributed by atoms with van der Waals surface area (Å²) in [5, 5.41) is 15.9. The van der Waals surface area contributed by atoms with Gasteiger partial charge in [0.2, 0.25) is 0 Å². The lowest BCUT2D eigenvalue weighted by Crippen LogP contribution is -2.12. The van der Waals surface area contributed by atoms with E-state index in [1.807, 2.05) is 0 Å². The predicted molar refractivity (Wildman–Crippen MR) is 55.2 cm³/mol. The normalized spacial score (nSPS) is 14.3. The molecule has 0 unspecified atom stereocenters. The van der Waals surface area contributed by atoms with Crippen molar-refractivity contribution in [3.8, 4) is 0 Å². The number of hydrogen-bond donors (Lipinski definition) is 7. The van der Waals surface area contributed by atoms with Crippen LogP contribution in [0.5, 0.6) is 0 Å². The van der Waals surface area contributed by atoms with Crippen LogP contribution in [-0.2, 0) is 27.1 Å². The van der Waals surface area contributed by atoms with Crippen LogP contribution < -0.4 is 0 Å². The molecule has 0 spiro atoms. The molecule has 0 saturated carbocycles. The lowest BCUT2D eigenvalue weighted by atomic mass is 10.4. The fourth-order valence-electron chi connectivity index (χ4n) is 0.327. The molecule has 0 radical (unpaired) electrons. The van der Waals surface area contributed by atoms with Gasteiger partial charge in [0.15, 0.2) is 6.29 Å². The number of rotatable bonds is 6. The summed E-state index contributed by atoms with van der Waals surface area (Å²) in [6.07, 6.45) is -0.912. The first kappa shape index (κ1) is 21.3. The minimum atomic E-state index is -5.46. The Balaban J connectivity index is 0. The number of carbonyl (C=O) groups is 1. The molecule has 13 nitrogen and oxygen atoms in total. The van der Waals surface area contributed by atoms with Gasteiger partial charge in [-0.15, -0.1) is 0 Å². The van der Waals surface area contributed by atoms with E-state index in [4.69, 9.17) is 34.7 Å². The van der Waals surface area contributed by atoms with E-state index >= 15 is 0 Å². The Morgan fingerprint density at radius 3 is 1.37 bits per heavy atom. The van der Waals surface area contributed by atoms with Gasteiger partial charge in [0.1, 0.15) is 6.10 Å². The number of aliphatic hydroxyl groups excluding tert-OH is 2. The summed E-state index contributed by atoms with van der Waals surface area (Å²) in [5.74, 6) is 0. The van der Waals surface area contributed by atoms with E-state index in [0.29, 0.717) is 0 Å². The smallest absolute Gasteiger partial charge is 0.393 e. The molecule has 0 aliphatic heterocycles. The highest BCUT2D eigenvalue weighted by Gasteiger charge is 2.38. The Labute approximate surface area is 105 Å². The second-order valence-electron chi connectivity index (χ2n) is 2.50. The Kier molecular flexibility index (Phi) is 9.33. The van der Waals surface area contributed by atoms with Gasteiger partial charge >= 0.3 is 23.5 Å². The number of aliphatic hydroxyl groups is 2. The molecule has 16 heteroatoms.